The Morgan fingerprint density at radius 2 is 1.65 bits per heavy atom. The van der Waals surface area contributed by atoms with Crippen LogP contribution in [0.5, 0.6) is 5.75 Å². The van der Waals surface area contributed by atoms with Crippen LogP contribution < -0.4 is 4.74 Å². The monoisotopic (exact) mass is 785 g/mol. The van der Waals surface area contributed by atoms with Crippen LogP contribution in [-0.4, -0.2) is 46.6 Å². The molecule has 0 atom stereocenters. The highest BCUT2D eigenvalue weighted by Crippen LogP contribution is 2.78. The lowest BCUT2D eigenvalue weighted by Crippen LogP contribution is -2.49. The maximum Gasteiger partial charge on any atom is 0.175 e. The van der Waals surface area contributed by atoms with Crippen molar-refractivity contribution in [3.05, 3.63) is 64.1 Å². The Balaban J connectivity index is 1.77. The van der Waals surface area contributed by atoms with Gasteiger partial charge in [0, 0.05) is 11.8 Å². The lowest BCUT2D eigenvalue weighted by Gasteiger charge is -2.43. The smallest absolute Gasteiger partial charge is 0.175 e. The minimum Gasteiger partial charge on any atom is -0.487 e. The number of aromatic nitrogens is 3. The average Bonchev–Trinajstić information content (AvgIpc) is 3.22. The van der Waals surface area contributed by atoms with Crippen molar-refractivity contribution >= 4 is 141 Å². The number of thioether (sulfide) groups is 1. The van der Waals surface area contributed by atoms with E-state index in [0.29, 0.717) is 21.2 Å². The van der Waals surface area contributed by atoms with Gasteiger partial charge in [0.2, 0.25) is 0 Å². The number of aliphatic hydroxyl groups excluding tert-OH is 1. The summed E-state index contributed by atoms with van der Waals surface area (Å²) >= 11 is 48.3. The van der Waals surface area contributed by atoms with E-state index in [2.05, 4.69) is 32.8 Å². The van der Waals surface area contributed by atoms with Crippen LogP contribution in [0.25, 0.3) is 5.69 Å². The number of hydrogen-bond acceptors (Lipinski definition) is 14. The molecule has 0 spiro atoms. The molecule has 16 heteroatoms. The molecule has 0 saturated heterocycles. The van der Waals surface area contributed by atoms with Gasteiger partial charge in [-0.2, -0.15) is 114 Å². The SMILES string of the molecule is Cc1cc(OCc2c(Br)nc(SC3(S)C(S)(S)C(S)(S)C(S)(S)C3(S)S)n2-c2cccnc2)ccc1C#CCO. The van der Waals surface area contributed by atoms with Crippen LogP contribution in [0.3, 0.4) is 0 Å². The summed E-state index contributed by atoms with van der Waals surface area (Å²) in [6, 6.07) is 9.30. The molecular formula is C24H24BrN3O2S10. The van der Waals surface area contributed by atoms with Gasteiger partial charge in [-0.3, -0.25) is 9.55 Å². The Morgan fingerprint density at radius 3 is 2.20 bits per heavy atom. The van der Waals surface area contributed by atoms with E-state index in [1.807, 2.05) is 41.8 Å². The molecular weight excluding hydrogens is 763 g/mol. The number of rotatable bonds is 6. The largest absolute Gasteiger partial charge is 0.487 e. The van der Waals surface area contributed by atoms with E-state index in [1.165, 1.54) is 11.8 Å². The Bertz CT molecular complexity index is 1460. The fourth-order valence-corrected chi connectivity index (χ4v) is 11.4. The summed E-state index contributed by atoms with van der Waals surface area (Å²) < 4.78 is 2.06. The normalized spacial score (nSPS) is 19.6. The first-order chi connectivity index (χ1) is 18.5. The van der Waals surface area contributed by atoms with Crippen molar-refractivity contribution in [3.8, 4) is 23.3 Å². The second kappa shape index (κ2) is 12.3. The molecule has 0 radical (unpaired) electrons. The molecule has 2 aromatic heterocycles. The standard InChI is InChI=1S/C24H24BrN3O2S10/c1-13-10-16(7-6-14(13)4-3-9-29)30-12-17-18(25)27-19(28(17)15-5-2-8-26-11-15)40-24(39)22(35,36)20(31,32)21(33,34)23(24,37)38/h2,5-8,10-11,29,31-39H,9,12H2,1H3. The molecule has 1 aliphatic rings. The van der Waals surface area contributed by atoms with Crippen LogP contribution in [0.15, 0.2) is 52.5 Å². The number of halogens is 1. The van der Waals surface area contributed by atoms with E-state index >= 15 is 0 Å². The van der Waals surface area contributed by atoms with Gasteiger partial charge < -0.3 is 9.84 Å². The Labute approximate surface area is 295 Å². The van der Waals surface area contributed by atoms with Crippen molar-refractivity contribution in [2.24, 2.45) is 0 Å². The number of hydrogen-bond donors (Lipinski definition) is 10. The van der Waals surface area contributed by atoms with Gasteiger partial charge in [0.05, 0.1) is 17.6 Å². The summed E-state index contributed by atoms with van der Waals surface area (Å²) in [5, 5.41) is 9.50. The van der Waals surface area contributed by atoms with Gasteiger partial charge in [0.25, 0.3) is 0 Å². The van der Waals surface area contributed by atoms with E-state index in [1.54, 1.807) is 12.4 Å². The van der Waals surface area contributed by atoms with Crippen LogP contribution in [-0.2, 0) is 6.61 Å². The van der Waals surface area contributed by atoms with Gasteiger partial charge in [-0.25, -0.2) is 4.98 Å². The second-order valence-corrected chi connectivity index (χ2v) is 18.5. The fraction of sp³-hybridized carbons (Fsp3) is 0.333. The number of thiol groups is 9. The summed E-state index contributed by atoms with van der Waals surface area (Å²) in [7, 11) is 0. The van der Waals surface area contributed by atoms with Crippen LogP contribution in [0.4, 0.5) is 0 Å². The highest BCUT2D eigenvalue weighted by Gasteiger charge is 2.81. The molecule has 1 aliphatic carbocycles. The van der Waals surface area contributed by atoms with E-state index in [9.17, 15) is 0 Å². The molecule has 5 nitrogen and oxygen atoms in total. The number of pyridine rings is 1. The van der Waals surface area contributed by atoms with Gasteiger partial charge in [0.15, 0.2) is 5.16 Å². The Kier molecular flexibility index (Phi) is 10.4. The fourth-order valence-electron chi connectivity index (χ4n) is 3.98. The molecule has 1 aromatic carbocycles. The lowest BCUT2D eigenvalue weighted by atomic mass is 10.1. The second-order valence-electron chi connectivity index (χ2n) is 8.84. The summed E-state index contributed by atoms with van der Waals surface area (Å²) in [5.41, 5.74) is 3.19. The van der Waals surface area contributed by atoms with E-state index in [4.69, 9.17) is 128 Å². The minimum absolute atomic E-state index is 0.162. The first-order valence-electron chi connectivity index (χ1n) is 11.2. The maximum absolute atomic E-state index is 8.99. The highest BCUT2D eigenvalue weighted by molar-refractivity contribution is 9.10. The topological polar surface area (TPSA) is 60.2 Å². The zero-order valence-electron chi connectivity index (χ0n) is 20.5. The molecule has 0 unspecified atom stereocenters. The molecule has 1 N–H and O–H groups in total. The quantitative estimate of drug-likeness (QED) is 0.0838. The zero-order chi connectivity index (χ0) is 29.7. The average molecular weight is 787 g/mol. The van der Waals surface area contributed by atoms with Gasteiger partial charge in [0.1, 0.15) is 44.0 Å². The van der Waals surface area contributed by atoms with Gasteiger partial charge in [-0.1, -0.05) is 23.6 Å². The number of aryl methyl sites for hydroxylation is 1. The van der Waals surface area contributed by atoms with Crippen LogP contribution in [0, 0.1) is 18.8 Å². The first-order valence-corrected chi connectivity index (χ1v) is 16.9. The maximum atomic E-state index is 8.99. The van der Waals surface area contributed by atoms with Gasteiger partial charge >= 0.3 is 0 Å². The van der Waals surface area contributed by atoms with Crippen LogP contribution >= 0.6 is 141 Å². The van der Waals surface area contributed by atoms with Gasteiger partial charge in [-0.05, 0) is 58.7 Å². The number of benzene rings is 1. The third kappa shape index (κ3) is 5.48. The third-order valence-corrected chi connectivity index (χ3v) is 18.1. The summed E-state index contributed by atoms with van der Waals surface area (Å²) in [6.07, 6.45) is 3.40. The zero-order valence-corrected chi connectivity index (χ0v) is 30.9. The van der Waals surface area contributed by atoms with E-state index in [-0.39, 0.29) is 13.2 Å². The Hall–Kier alpha value is 0.880. The first kappa shape index (κ1) is 33.8. The van der Waals surface area contributed by atoms with Crippen molar-refractivity contribution in [1.29, 1.82) is 0 Å². The molecule has 1 saturated carbocycles. The molecule has 3 aromatic rings. The molecule has 2 heterocycles. The van der Waals surface area contributed by atoms with Crippen molar-refractivity contribution in [2.75, 3.05) is 6.61 Å². The van der Waals surface area contributed by atoms with Gasteiger partial charge in [-0.15, -0.1) is 0 Å². The minimum atomic E-state index is -1.33. The lowest BCUT2D eigenvalue weighted by molar-refractivity contribution is 0.297. The molecule has 0 bridgehead atoms. The summed E-state index contributed by atoms with van der Waals surface area (Å²) in [4.78, 5) is 9.10. The van der Waals surface area contributed by atoms with Crippen molar-refractivity contribution in [1.82, 2.24) is 14.5 Å². The molecule has 0 aliphatic heterocycles. The number of nitrogens with zero attached hydrogens (tertiary/aromatic N) is 3. The van der Waals surface area contributed by atoms with Crippen molar-refractivity contribution in [3.63, 3.8) is 0 Å². The Morgan fingerprint density at radius 1 is 1.00 bits per heavy atom. The molecule has 40 heavy (non-hydrogen) atoms. The van der Waals surface area contributed by atoms with Crippen LogP contribution in [0.2, 0.25) is 0 Å². The number of aliphatic hydroxyl groups is 1. The molecule has 0 amide bonds. The number of ether oxygens (including phenoxy) is 1. The van der Waals surface area contributed by atoms with E-state index in [0.717, 1.165) is 16.8 Å². The molecule has 214 valence electrons. The third-order valence-electron chi connectivity index (χ3n) is 6.32. The highest BCUT2D eigenvalue weighted by atomic mass is 79.9. The predicted molar refractivity (Wildman–Crippen MR) is 199 cm³/mol. The summed E-state index contributed by atoms with van der Waals surface area (Å²) in [6.45, 7) is 1.89. The van der Waals surface area contributed by atoms with E-state index < -0.39 is 20.4 Å². The summed E-state index contributed by atoms with van der Waals surface area (Å²) in [5.74, 6) is 6.24. The molecule has 1 fully saturated rings. The van der Waals surface area contributed by atoms with Crippen molar-refractivity contribution in [2.45, 2.75) is 39.1 Å². The van der Waals surface area contributed by atoms with Crippen LogP contribution in [0.1, 0.15) is 16.8 Å². The van der Waals surface area contributed by atoms with Crippen molar-refractivity contribution < 1.29 is 9.84 Å². The molecule has 4 rings (SSSR count). The number of imidazole rings is 1. The predicted octanol–water partition coefficient (Wildman–Crippen LogP) is 6.22.